The van der Waals surface area contributed by atoms with Gasteiger partial charge in [0.05, 0.1) is 0 Å². The molecule has 3 atom stereocenters. The van der Waals surface area contributed by atoms with Crippen LogP contribution in [0.4, 0.5) is 79.0 Å². The van der Waals surface area contributed by atoms with Crippen LogP contribution >= 0.6 is 0 Å². The van der Waals surface area contributed by atoms with E-state index in [4.69, 9.17) is 0 Å². The molecule has 0 radical (unpaired) electrons. The fourth-order valence-electron chi connectivity index (χ4n) is 1.21. The van der Waals surface area contributed by atoms with E-state index in [-0.39, 0.29) is 0 Å². The lowest BCUT2D eigenvalue weighted by Gasteiger charge is -2.31. The van der Waals surface area contributed by atoms with Gasteiger partial charge in [0.2, 0.25) is 0 Å². The quantitative estimate of drug-likeness (QED) is 0.302. The zero-order chi connectivity index (χ0) is 25.4. The van der Waals surface area contributed by atoms with Gasteiger partial charge in [0, 0.05) is 0 Å². The van der Waals surface area contributed by atoms with Crippen molar-refractivity contribution in [1.82, 2.24) is 0 Å². The molecule has 31 heavy (non-hydrogen) atoms. The Morgan fingerprint density at radius 3 is 0.677 bits per heavy atom. The molecule has 0 aliphatic rings. The minimum atomic E-state index is -6.69. The van der Waals surface area contributed by atoms with Gasteiger partial charge in [0.15, 0.2) is 0 Å². The van der Waals surface area contributed by atoms with E-state index in [0.717, 1.165) is 0 Å². The lowest BCUT2D eigenvalue weighted by atomic mass is 10.1. The van der Waals surface area contributed by atoms with Crippen molar-refractivity contribution in [2.45, 2.75) is 55.4 Å². The SMILES string of the molecule is FC(C(F)(F)F)C(F)(F)OB(OC(F)(F)C(F)C(F)(F)F)OC(F)(F)C(F)C(F)(F)F. The van der Waals surface area contributed by atoms with E-state index in [1.165, 1.54) is 0 Å². The second-order valence-electron chi connectivity index (χ2n) is 5.04. The molecule has 186 valence electrons. The first-order chi connectivity index (χ1) is 13.2. The highest BCUT2D eigenvalue weighted by Gasteiger charge is 2.67. The summed E-state index contributed by atoms with van der Waals surface area (Å²) in [6, 6.07) is 0. The van der Waals surface area contributed by atoms with E-state index in [1.807, 2.05) is 0 Å². The highest BCUT2D eigenvalue weighted by atomic mass is 19.4. The van der Waals surface area contributed by atoms with Gasteiger partial charge in [-0.3, -0.25) is 0 Å². The molecular weight excluding hydrogens is 509 g/mol. The molecule has 3 unspecified atom stereocenters. The summed E-state index contributed by atoms with van der Waals surface area (Å²) in [4.78, 5) is 0. The van der Waals surface area contributed by atoms with E-state index < -0.39 is 62.7 Å². The molecule has 0 heterocycles. The number of rotatable bonds is 9. The van der Waals surface area contributed by atoms with Crippen LogP contribution in [0.3, 0.4) is 0 Å². The lowest BCUT2D eigenvalue weighted by molar-refractivity contribution is -0.357. The average molecular weight is 512 g/mol. The molecule has 0 N–H and O–H groups in total. The largest absolute Gasteiger partial charge is 0.652 e. The van der Waals surface area contributed by atoms with Gasteiger partial charge >= 0.3 is 44.2 Å². The van der Waals surface area contributed by atoms with E-state index in [1.54, 1.807) is 0 Å². The zero-order valence-corrected chi connectivity index (χ0v) is 13.3. The molecule has 0 saturated heterocycles. The van der Waals surface area contributed by atoms with Crippen molar-refractivity contribution in [3.8, 4) is 0 Å². The first-order valence-corrected chi connectivity index (χ1v) is 6.54. The molecule has 22 heteroatoms. The van der Waals surface area contributed by atoms with Crippen LogP contribution in [-0.2, 0) is 14.0 Å². The molecule has 0 bridgehead atoms. The predicted molar refractivity (Wildman–Crippen MR) is 56.7 cm³/mol. The topological polar surface area (TPSA) is 27.7 Å². The molecule has 0 aliphatic heterocycles. The number of halogens is 18. The smallest absolute Gasteiger partial charge is 0.324 e. The van der Waals surface area contributed by atoms with Crippen LogP contribution < -0.4 is 0 Å². The third-order valence-electron chi connectivity index (χ3n) is 2.51. The molecule has 0 amide bonds. The maximum absolute atomic E-state index is 13.0. The Kier molecular flexibility index (Phi) is 8.53. The summed E-state index contributed by atoms with van der Waals surface area (Å²) < 4.78 is 230. The molecule has 0 saturated carbocycles. The van der Waals surface area contributed by atoms with E-state index in [0.29, 0.717) is 0 Å². The summed E-state index contributed by atoms with van der Waals surface area (Å²) >= 11 is 0. The van der Waals surface area contributed by atoms with Crippen molar-refractivity contribution in [2.24, 2.45) is 0 Å². The summed E-state index contributed by atoms with van der Waals surface area (Å²) in [6.07, 6.45) is -57.1. The number of alkyl halides is 18. The minimum absolute atomic E-state index is 2.22. The van der Waals surface area contributed by atoms with Crippen LogP contribution in [0.15, 0.2) is 0 Å². The highest BCUT2D eigenvalue weighted by Crippen LogP contribution is 2.42. The van der Waals surface area contributed by atoms with Crippen LogP contribution in [-0.4, -0.2) is 62.7 Å². The fourth-order valence-corrected chi connectivity index (χ4v) is 1.21. The molecule has 0 rings (SSSR count). The average Bonchev–Trinajstić information content (AvgIpc) is 2.48. The third kappa shape index (κ3) is 8.27. The van der Waals surface area contributed by atoms with Crippen molar-refractivity contribution < 1.29 is 93.0 Å². The Balaban J connectivity index is 6.05. The molecule has 0 aromatic heterocycles. The second kappa shape index (κ2) is 8.91. The Morgan fingerprint density at radius 1 is 0.387 bits per heavy atom. The summed E-state index contributed by atoms with van der Waals surface area (Å²) in [5, 5.41) is 0. The van der Waals surface area contributed by atoms with Crippen molar-refractivity contribution >= 4 is 7.32 Å². The number of hydrogen-bond donors (Lipinski definition) is 0. The number of hydrogen-bond acceptors (Lipinski definition) is 3. The fraction of sp³-hybridized carbons (Fsp3) is 1.00. The molecule has 0 fully saturated rings. The van der Waals surface area contributed by atoms with Crippen LogP contribution in [0.1, 0.15) is 0 Å². The van der Waals surface area contributed by atoms with E-state index in [9.17, 15) is 79.0 Å². The standard InChI is InChI=1S/C9H3BF18O3/c11-1(4(14,15)16)7(23,24)29-10(30-8(25,26)2(12)5(17,18)19)31-9(27,28)3(13)6(20,21)22/h1-3H. The second-order valence-corrected chi connectivity index (χ2v) is 5.04. The van der Waals surface area contributed by atoms with Gasteiger partial charge in [-0.15, -0.1) is 0 Å². The normalized spacial score (nSPS) is 18.0. The van der Waals surface area contributed by atoms with Gasteiger partial charge in [-0.25, -0.2) is 13.2 Å². The van der Waals surface area contributed by atoms with E-state index >= 15 is 0 Å². The highest BCUT2D eigenvalue weighted by molar-refractivity contribution is 6.36. The lowest BCUT2D eigenvalue weighted by Crippen LogP contribution is -2.56. The zero-order valence-electron chi connectivity index (χ0n) is 13.3. The Morgan fingerprint density at radius 2 is 0.548 bits per heavy atom. The van der Waals surface area contributed by atoms with Crippen LogP contribution in [0.5, 0.6) is 0 Å². The van der Waals surface area contributed by atoms with E-state index in [2.05, 4.69) is 14.0 Å². The van der Waals surface area contributed by atoms with Gasteiger partial charge in [0.1, 0.15) is 0 Å². The molecule has 0 aliphatic carbocycles. The first kappa shape index (κ1) is 29.7. The third-order valence-corrected chi connectivity index (χ3v) is 2.51. The van der Waals surface area contributed by atoms with Gasteiger partial charge in [-0.1, -0.05) is 0 Å². The monoisotopic (exact) mass is 512 g/mol. The molecule has 0 aromatic carbocycles. The van der Waals surface area contributed by atoms with Crippen LogP contribution in [0.25, 0.3) is 0 Å². The predicted octanol–water partition coefficient (Wildman–Crippen LogP) is 5.50. The Labute approximate surface area is 157 Å². The van der Waals surface area contributed by atoms with Crippen molar-refractivity contribution in [3.63, 3.8) is 0 Å². The van der Waals surface area contributed by atoms with Gasteiger partial charge in [-0.05, 0) is 0 Å². The molecule has 0 aromatic rings. The summed E-state index contributed by atoms with van der Waals surface area (Å²) in [5.41, 5.74) is 0. The first-order valence-electron chi connectivity index (χ1n) is 6.54. The van der Waals surface area contributed by atoms with Crippen LogP contribution in [0.2, 0.25) is 0 Å². The summed E-state index contributed by atoms with van der Waals surface area (Å²) in [7, 11) is -5.22. The molecule has 0 spiro atoms. The van der Waals surface area contributed by atoms with Gasteiger partial charge in [-0.2, -0.15) is 65.9 Å². The van der Waals surface area contributed by atoms with Crippen molar-refractivity contribution in [2.75, 3.05) is 0 Å². The van der Waals surface area contributed by atoms with Gasteiger partial charge in [0.25, 0.3) is 18.5 Å². The minimum Gasteiger partial charge on any atom is -0.324 e. The van der Waals surface area contributed by atoms with Crippen molar-refractivity contribution in [1.29, 1.82) is 0 Å². The maximum atomic E-state index is 13.0. The summed E-state index contributed by atoms with van der Waals surface area (Å²) in [5.74, 6) is 0. The van der Waals surface area contributed by atoms with Gasteiger partial charge < -0.3 is 14.0 Å². The Hall–Kier alpha value is -1.32. The summed E-state index contributed by atoms with van der Waals surface area (Å²) in [6.45, 7) is 0. The molecule has 3 nitrogen and oxygen atoms in total. The van der Waals surface area contributed by atoms with Crippen molar-refractivity contribution in [3.05, 3.63) is 0 Å². The maximum Gasteiger partial charge on any atom is 0.652 e. The molecular formula is C9H3BF18O3. The van der Waals surface area contributed by atoms with Crippen LogP contribution in [0, 0.1) is 0 Å². The Bertz CT molecular complexity index is 502.